The number of nitrogens with two attached hydrogens (primary N) is 1. The van der Waals surface area contributed by atoms with Crippen LogP contribution >= 0.6 is 0 Å². The predicted molar refractivity (Wildman–Crippen MR) is 91.7 cm³/mol. The Morgan fingerprint density at radius 1 is 1.12 bits per heavy atom. The number of ether oxygens (including phenoxy) is 1. The number of hydrogen-bond acceptors (Lipinski definition) is 5. The minimum absolute atomic E-state index is 0.111. The molecular weight excluding hydrogens is 328 g/mol. The van der Waals surface area contributed by atoms with E-state index in [9.17, 15) is 13.5 Å². The Balaban J connectivity index is 2.17. The molecule has 1 aliphatic heterocycles. The first kappa shape index (κ1) is 16.8. The maximum absolute atomic E-state index is 12.1. The Morgan fingerprint density at radius 2 is 1.79 bits per heavy atom. The molecule has 128 valence electrons. The molecule has 1 fully saturated rings. The standard InChI is InChI=1S/C17H20N2O4S/c18-24(21,22)16-11-13(12-20)10-15(19-8-4-5-9-19)17(16)23-14-6-2-1-3-7-14/h1-3,6-7,10-11,20H,4-5,8-9,12H2,(H2,18,21,22). The van der Waals surface area contributed by atoms with Crippen LogP contribution in [0.1, 0.15) is 18.4 Å². The van der Waals surface area contributed by atoms with E-state index in [0.29, 0.717) is 17.0 Å². The van der Waals surface area contributed by atoms with Gasteiger partial charge in [0, 0.05) is 13.1 Å². The maximum atomic E-state index is 12.1. The van der Waals surface area contributed by atoms with Crippen molar-refractivity contribution in [3.63, 3.8) is 0 Å². The minimum atomic E-state index is -4.00. The Bertz CT molecular complexity index is 816. The summed E-state index contributed by atoms with van der Waals surface area (Å²) in [5, 5.41) is 14.9. The number of para-hydroxylation sites is 1. The van der Waals surface area contributed by atoms with Crippen LogP contribution in [0.5, 0.6) is 11.5 Å². The Kier molecular flexibility index (Phi) is 4.75. The van der Waals surface area contributed by atoms with Gasteiger partial charge in [0.05, 0.1) is 12.3 Å². The Morgan fingerprint density at radius 3 is 2.38 bits per heavy atom. The maximum Gasteiger partial charge on any atom is 0.241 e. The van der Waals surface area contributed by atoms with E-state index in [1.165, 1.54) is 6.07 Å². The van der Waals surface area contributed by atoms with E-state index in [1.54, 1.807) is 18.2 Å². The first-order valence-electron chi connectivity index (χ1n) is 7.77. The molecule has 0 unspecified atom stereocenters. The van der Waals surface area contributed by atoms with Gasteiger partial charge in [0.25, 0.3) is 0 Å². The van der Waals surface area contributed by atoms with Gasteiger partial charge in [-0.25, -0.2) is 13.6 Å². The van der Waals surface area contributed by atoms with Crippen molar-refractivity contribution in [1.29, 1.82) is 0 Å². The van der Waals surface area contributed by atoms with Crippen LogP contribution in [0.25, 0.3) is 0 Å². The van der Waals surface area contributed by atoms with Crippen LogP contribution in [-0.2, 0) is 16.6 Å². The number of nitrogens with zero attached hydrogens (tertiary/aromatic N) is 1. The van der Waals surface area contributed by atoms with Gasteiger partial charge in [-0.3, -0.25) is 0 Å². The molecular formula is C17H20N2O4S. The Hall–Kier alpha value is -2.09. The fraction of sp³-hybridized carbons (Fsp3) is 0.294. The van der Waals surface area contributed by atoms with Gasteiger partial charge < -0.3 is 14.7 Å². The van der Waals surface area contributed by atoms with Crippen LogP contribution in [0.4, 0.5) is 5.69 Å². The molecule has 0 aromatic heterocycles. The molecule has 1 saturated heterocycles. The zero-order chi connectivity index (χ0) is 17.2. The molecule has 0 radical (unpaired) electrons. The fourth-order valence-corrected chi connectivity index (χ4v) is 3.57. The molecule has 1 aliphatic rings. The van der Waals surface area contributed by atoms with E-state index in [2.05, 4.69) is 4.90 Å². The van der Waals surface area contributed by atoms with Gasteiger partial charge in [-0.1, -0.05) is 18.2 Å². The molecule has 6 nitrogen and oxygen atoms in total. The third kappa shape index (κ3) is 3.53. The normalized spacial score (nSPS) is 14.8. The topological polar surface area (TPSA) is 92.9 Å². The molecule has 0 amide bonds. The molecule has 0 aliphatic carbocycles. The lowest BCUT2D eigenvalue weighted by Crippen LogP contribution is -2.21. The average Bonchev–Trinajstić information content (AvgIpc) is 3.09. The van der Waals surface area contributed by atoms with Crippen LogP contribution < -0.4 is 14.8 Å². The first-order valence-corrected chi connectivity index (χ1v) is 9.32. The predicted octanol–water partition coefficient (Wildman–Crippen LogP) is 2.22. The summed E-state index contributed by atoms with van der Waals surface area (Å²) in [4.78, 5) is 1.95. The summed E-state index contributed by atoms with van der Waals surface area (Å²) in [6.07, 6.45) is 2.05. The number of benzene rings is 2. The van der Waals surface area contributed by atoms with Crippen molar-refractivity contribution in [1.82, 2.24) is 0 Å². The third-order valence-corrected chi connectivity index (χ3v) is 4.91. The quantitative estimate of drug-likeness (QED) is 0.864. The SMILES string of the molecule is NS(=O)(=O)c1cc(CO)cc(N2CCCC2)c1Oc1ccccc1. The van der Waals surface area contributed by atoms with Gasteiger partial charge in [0.2, 0.25) is 10.0 Å². The lowest BCUT2D eigenvalue weighted by molar-refractivity contribution is 0.281. The highest BCUT2D eigenvalue weighted by Gasteiger charge is 2.25. The number of hydrogen-bond donors (Lipinski definition) is 2. The molecule has 0 bridgehead atoms. The molecule has 3 rings (SSSR count). The van der Waals surface area contributed by atoms with Crippen LogP contribution in [0, 0.1) is 0 Å². The molecule has 0 atom stereocenters. The van der Waals surface area contributed by atoms with Crippen LogP contribution in [0.2, 0.25) is 0 Å². The van der Waals surface area contributed by atoms with Crippen LogP contribution in [0.15, 0.2) is 47.4 Å². The molecule has 0 spiro atoms. The van der Waals surface area contributed by atoms with Crippen molar-refractivity contribution in [3.05, 3.63) is 48.0 Å². The van der Waals surface area contributed by atoms with Gasteiger partial charge in [-0.15, -0.1) is 0 Å². The Labute approximate surface area is 141 Å². The molecule has 2 aromatic rings. The van der Waals surface area contributed by atoms with E-state index in [-0.39, 0.29) is 17.3 Å². The second kappa shape index (κ2) is 6.80. The largest absolute Gasteiger partial charge is 0.454 e. The molecule has 0 saturated carbocycles. The summed E-state index contributed by atoms with van der Waals surface area (Å²) >= 11 is 0. The molecule has 3 N–H and O–H groups in total. The highest BCUT2D eigenvalue weighted by Crippen LogP contribution is 2.40. The number of aliphatic hydroxyl groups is 1. The van der Waals surface area contributed by atoms with Crippen LogP contribution in [0.3, 0.4) is 0 Å². The van der Waals surface area contributed by atoms with Gasteiger partial charge in [-0.05, 0) is 42.7 Å². The minimum Gasteiger partial charge on any atom is -0.454 e. The van der Waals surface area contributed by atoms with E-state index in [1.807, 2.05) is 18.2 Å². The zero-order valence-corrected chi connectivity index (χ0v) is 14.0. The summed E-state index contributed by atoms with van der Waals surface area (Å²) in [5.41, 5.74) is 1.13. The van der Waals surface area contributed by atoms with Crippen molar-refractivity contribution in [2.45, 2.75) is 24.3 Å². The summed E-state index contributed by atoms with van der Waals surface area (Å²) in [6, 6.07) is 12.1. The van der Waals surface area contributed by atoms with Crippen molar-refractivity contribution >= 4 is 15.7 Å². The fourth-order valence-electron chi connectivity index (χ4n) is 2.85. The first-order chi connectivity index (χ1) is 11.5. The molecule has 1 heterocycles. The monoisotopic (exact) mass is 348 g/mol. The zero-order valence-electron chi connectivity index (χ0n) is 13.2. The number of sulfonamides is 1. The van der Waals surface area contributed by atoms with Crippen molar-refractivity contribution in [3.8, 4) is 11.5 Å². The van der Waals surface area contributed by atoms with E-state index in [4.69, 9.17) is 9.88 Å². The number of rotatable bonds is 5. The number of primary sulfonamides is 1. The molecule has 2 aromatic carbocycles. The van der Waals surface area contributed by atoms with Crippen molar-refractivity contribution < 1.29 is 18.3 Å². The summed E-state index contributed by atoms with van der Waals surface area (Å²) in [5.74, 6) is 0.738. The summed E-state index contributed by atoms with van der Waals surface area (Å²) in [6.45, 7) is 1.35. The van der Waals surface area contributed by atoms with Crippen molar-refractivity contribution in [2.75, 3.05) is 18.0 Å². The lowest BCUT2D eigenvalue weighted by Gasteiger charge is -2.24. The van der Waals surface area contributed by atoms with Crippen molar-refractivity contribution in [2.24, 2.45) is 5.14 Å². The number of anilines is 1. The van der Waals surface area contributed by atoms with Gasteiger partial charge in [0.15, 0.2) is 5.75 Å². The lowest BCUT2D eigenvalue weighted by atomic mass is 10.1. The molecule has 24 heavy (non-hydrogen) atoms. The second-order valence-electron chi connectivity index (χ2n) is 5.75. The summed E-state index contributed by atoms with van der Waals surface area (Å²) in [7, 11) is -4.00. The number of aliphatic hydroxyl groups excluding tert-OH is 1. The van der Waals surface area contributed by atoms with Gasteiger partial charge in [0.1, 0.15) is 10.6 Å². The smallest absolute Gasteiger partial charge is 0.241 e. The van der Waals surface area contributed by atoms with E-state index >= 15 is 0 Å². The average molecular weight is 348 g/mol. The van der Waals surface area contributed by atoms with E-state index in [0.717, 1.165) is 25.9 Å². The van der Waals surface area contributed by atoms with Crippen LogP contribution in [-0.4, -0.2) is 26.6 Å². The highest BCUT2D eigenvalue weighted by molar-refractivity contribution is 7.89. The van der Waals surface area contributed by atoms with Gasteiger partial charge >= 0.3 is 0 Å². The van der Waals surface area contributed by atoms with Gasteiger partial charge in [-0.2, -0.15) is 0 Å². The molecule has 7 heteroatoms. The third-order valence-electron chi connectivity index (χ3n) is 3.99. The van der Waals surface area contributed by atoms with E-state index < -0.39 is 10.0 Å². The second-order valence-corrected chi connectivity index (χ2v) is 7.28. The highest BCUT2D eigenvalue weighted by atomic mass is 32.2. The summed E-state index contributed by atoms with van der Waals surface area (Å²) < 4.78 is 30.1.